The van der Waals surface area contributed by atoms with Gasteiger partial charge in [-0.15, -0.1) is 0 Å². The van der Waals surface area contributed by atoms with Gasteiger partial charge in [0.05, 0.1) is 0 Å². The lowest BCUT2D eigenvalue weighted by atomic mass is 9.79. The third-order valence-corrected chi connectivity index (χ3v) is 2.17. The molecule has 86 valence electrons. The van der Waals surface area contributed by atoms with Crippen LogP contribution < -0.4 is 10.2 Å². The molecule has 0 aliphatic heterocycles. The number of allylic oxidation sites excluding steroid dienone is 1. The summed E-state index contributed by atoms with van der Waals surface area (Å²) in [4.78, 5) is 0. The van der Waals surface area contributed by atoms with Crippen molar-refractivity contribution in [3.8, 4) is 5.75 Å². The Hall–Kier alpha value is -1.26. The predicted molar refractivity (Wildman–Crippen MR) is 65.9 cm³/mol. The van der Waals surface area contributed by atoms with Crippen molar-refractivity contribution in [3.05, 3.63) is 35.4 Å². The highest BCUT2D eigenvalue weighted by Crippen LogP contribution is 2.10. The first kappa shape index (κ1) is 12.8. The zero-order valence-corrected chi connectivity index (χ0v) is 9.90. The molecule has 1 rings (SSSR count). The normalized spacial score (nSPS) is 9.81. The Morgan fingerprint density at radius 2 is 2.06 bits per heavy atom. The number of ether oxygens (including phenoxy) is 1. The molecule has 16 heavy (non-hydrogen) atoms. The van der Waals surface area contributed by atoms with Crippen molar-refractivity contribution in [2.45, 2.75) is 20.8 Å². The molecule has 4 heteroatoms. The Balaban J connectivity index is 2.82. The van der Waals surface area contributed by atoms with Gasteiger partial charge in [0.25, 0.3) is 0 Å². The van der Waals surface area contributed by atoms with Crippen LogP contribution in [0.25, 0.3) is 0 Å². The minimum atomic E-state index is -1.50. The van der Waals surface area contributed by atoms with E-state index < -0.39 is 7.12 Å². The van der Waals surface area contributed by atoms with Gasteiger partial charge in [-0.25, -0.2) is 0 Å². The highest BCUT2D eigenvalue weighted by Gasteiger charge is 2.16. The highest BCUT2D eigenvalue weighted by molar-refractivity contribution is 6.59. The fourth-order valence-electron chi connectivity index (χ4n) is 1.30. The first-order chi connectivity index (χ1) is 7.50. The smallest absolute Gasteiger partial charge is 0.490 e. The van der Waals surface area contributed by atoms with Crippen molar-refractivity contribution >= 4 is 12.6 Å². The van der Waals surface area contributed by atoms with Gasteiger partial charge >= 0.3 is 7.12 Å². The van der Waals surface area contributed by atoms with Crippen molar-refractivity contribution in [3.63, 3.8) is 0 Å². The van der Waals surface area contributed by atoms with Gasteiger partial charge in [-0.2, -0.15) is 0 Å². The van der Waals surface area contributed by atoms with Gasteiger partial charge < -0.3 is 14.8 Å². The molecule has 1 aromatic rings. The maximum atomic E-state index is 9.20. The van der Waals surface area contributed by atoms with E-state index in [1.165, 1.54) is 5.57 Å². The summed E-state index contributed by atoms with van der Waals surface area (Å²) in [6.07, 6.45) is 1.94. The summed E-state index contributed by atoms with van der Waals surface area (Å²) in [7, 11) is -1.50. The summed E-state index contributed by atoms with van der Waals surface area (Å²) in [6.45, 7) is 6.30. The van der Waals surface area contributed by atoms with Crippen molar-refractivity contribution in [1.29, 1.82) is 0 Å². The van der Waals surface area contributed by atoms with E-state index in [1.54, 1.807) is 12.1 Å². The molecule has 0 saturated carbocycles. The first-order valence-corrected chi connectivity index (χ1v) is 5.23. The van der Waals surface area contributed by atoms with Gasteiger partial charge in [0, 0.05) is 5.46 Å². The van der Waals surface area contributed by atoms with E-state index in [2.05, 4.69) is 0 Å². The number of rotatable bonds is 4. The van der Waals surface area contributed by atoms with Crippen LogP contribution >= 0.6 is 0 Å². The second-order valence-electron chi connectivity index (χ2n) is 4.01. The second-order valence-corrected chi connectivity index (χ2v) is 4.01. The Kier molecular flexibility index (Phi) is 4.59. The molecule has 1 aromatic carbocycles. The Bertz CT molecular complexity index is 382. The molecule has 3 nitrogen and oxygen atoms in total. The van der Waals surface area contributed by atoms with Crippen molar-refractivity contribution in [1.82, 2.24) is 0 Å². The summed E-state index contributed by atoms with van der Waals surface area (Å²) in [6, 6.07) is 5.34. The number of benzene rings is 1. The maximum Gasteiger partial charge on any atom is 0.492 e. The summed E-state index contributed by atoms with van der Waals surface area (Å²) in [5.74, 6) is 0.512. The lowest BCUT2D eigenvalue weighted by Gasteiger charge is -2.10. The molecular formula is C12H17BO3. The molecule has 0 unspecified atom stereocenters. The molecule has 0 bridgehead atoms. The van der Waals surface area contributed by atoms with Crippen LogP contribution in [0.1, 0.15) is 19.4 Å². The van der Waals surface area contributed by atoms with Crippen molar-refractivity contribution in [2.75, 3.05) is 6.61 Å². The summed E-state index contributed by atoms with van der Waals surface area (Å²) >= 11 is 0. The van der Waals surface area contributed by atoms with Gasteiger partial charge in [0.1, 0.15) is 12.4 Å². The topological polar surface area (TPSA) is 49.7 Å². The van der Waals surface area contributed by atoms with Crippen LogP contribution in [-0.4, -0.2) is 23.8 Å². The average molecular weight is 220 g/mol. The summed E-state index contributed by atoms with van der Waals surface area (Å²) in [5.41, 5.74) is 2.54. The van der Waals surface area contributed by atoms with Crippen LogP contribution in [0.3, 0.4) is 0 Å². The van der Waals surface area contributed by atoms with Crippen LogP contribution in [0.4, 0.5) is 0 Å². The van der Waals surface area contributed by atoms with Gasteiger partial charge in [0.2, 0.25) is 0 Å². The van der Waals surface area contributed by atoms with Crippen LogP contribution in [0.2, 0.25) is 0 Å². The minimum Gasteiger partial charge on any atom is -0.490 e. The number of aryl methyl sites for hydroxylation is 1. The number of hydrogen-bond donors (Lipinski definition) is 2. The van der Waals surface area contributed by atoms with Crippen molar-refractivity contribution in [2.24, 2.45) is 0 Å². The minimum absolute atomic E-state index is 0.405. The van der Waals surface area contributed by atoms with E-state index in [0.29, 0.717) is 17.8 Å². The molecule has 0 atom stereocenters. The average Bonchev–Trinajstić information content (AvgIpc) is 2.19. The molecule has 0 amide bonds. The van der Waals surface area contributed by atoms with E-state index in [0.717, 1.165) is 5.56 Å². The van der Waals surface area contributed by atoms with Gasteiger partial charge in [-0.05, 0) is 32.9 Å². The van der Waals surface area contributed by atoms with Gasteiger partial charge in [-0.1, -0.05) is 23.3 Å². The van der Waals surface area contributed by atoms with Gasteiger partial charge in [-0.3, -0.25) is 0 Å². The Morgan fingerprint density at radius 1 is 1.38 bits per heavy atom. The largest absolute Gasteiger partial charge is 0.492 e. The molecule has 0 aromatic heterocycles. The molecule has 2 N–H and O–H groups in total. The molecule has 0 aliphatic carbocycles. The molecule has 0 heterocycles. The maximum absolute atomic E-state index is 9.20. The SMILES string of the molecule is CC(C)=CCOc1ccc(C)cc1B(O)O. The van der Waals surface area contributed by atoms with Crippen LogP contribution in [0, 0.1) is 6.92 Å². The van der Waals surface area contributed by atoms with Gasteiger partial charge in [0.15, 0.2) is 0 Å². The lowest BCUT2D eigenvalue weighted by molar-refractivity contribution is 0.360. The standard InChI is InChI=1S/C12H17BO3/c1-9(2)6-7-16-12-5-4-10(3)8-11(12)13(14)15/h4-6,8,14-15H,7H2,1-3H3. The summed E-state index contributed by atoms with van der Waals surface area (Å²) < 4.78 is 5.47. The quantitative estimate of drug-likeness (QED) is 0.588. The van der Waals surface area contributed by atoms with E-state index >= 15 is 0 Å². The zero-order valence-electron chi connectivity index (χ0n) is 9.90. The first-order valence-electron chi connectivity index (χ1n) is 5.23. The lowest BCUT2D eigenvalue weighted by Crippen LogP contribution is -2.31. The molecule has 0 saturated heterocycles. The van der Waals surface area contributed by atoms with Crippen LogP contribution in [-0.2, 0) is 0 Å². The van der Waals surface area contributed by atoms with Crippen LogP contribution in [0.5, 0.6) is 5.75 Å². The van der Waals surface area contributed by atoms with E-state index in [-0.39, 0.29) is 0 Å². The molecule has 0 spiro atoms. The number of hydrogen-bond acceptors (Lipinski definition) is 3. The fraction of sp³-hybridized carbons (Fsp3) is 0.333. The van der Waals surface area contributed by atoms with E-state index in [9.17, 15) is 10.0 Å². The van der Waals surface area contributed by atoms with Crippen molar-refractivity contribution < 1.29 is 14.8 Å². The van der Waals surface area contributed by atoms with E-state index in [4.69, 9.17) is 4.74 Å². The highest BCUT2D eigenvalue weighted by atomic mass is 16.5. The molecule has 0 fully saturated rings. The fourth-order valence-corrected chi connectivity index (χ4v) is 1.30. The van der Waals surface area contributed by atoms with Crippen LogP contribution in [0.15, 0.2) is 29.8 Å². The summed E-state index contributed by atoms with van der Waals surface area (Å²) in [5, 5.41) is 18.4. The second kappa shape index (κ2) is 5.73. The Morgan fingerprint density at radius 3 is 2.62 bits per heavy atom. The monoisotopic (exact) mass is 220 g/mol. The molecular weight excluding hydrogens is 203 g/mol. The Labute approximate surface area is 96.5 Å². The molecule has 0 radical (unpaired) electrons. The molecule has 0 aliphatic rings. The third-order valence-electron chi connectivity index (χ3n) is 2.17. The zero-order chi connectivity index (χ0) is 12.1. The third kappa shape index (κ3) is 3.72. The predicted octanol–water partition coefficient (Wildman–Crippen LogP) is 1.02. The van der Waals surface area contributed by atoms with E-state index in [1.807, 2.05) is 32.9 Å².